The maximum Gasteiger partial charge on any atom is 0.266 e. The van der Waals surface area contributed by atoms with Gasteiger partial charge in [-0.15, -0.1) is 0 Å². The number of halogens is 1. The summed E-state index contributed by atoms with van der Waals surface area (Å²) < 4.78 is 0.506. The van der Waals surface area contributed by atoms with Crippen LogP contribution in [0.25, 0.3) is 6.08 Å². The van der Waals surface area contributed by atoms with Crippen molar-refractivity contribution in [2.75, 3.05) is 0 Å². The number of hydrogen-bond acceptors (Lipinski definition) is 4. The summed E-state index contributed by atoms with van der Waals surface area (Å²) in [6.07, 6.45) is 1.62. The third-order valence-corrected chi connectivity index (χ3v) is 4.95. The molecule has 0 bridgehead atoms. The van der Waals surface area contributed by atoms with Crippen molar-refractivity contribution in [2.24, 2.45) is 0 Å². The number of rotatable bonds is 3. The summed E-state index contributed by atoms with van der Waals surface area (Å²) in [6.45, 7) is 0.435. The van der Waals surface area contributed by atoms with Gasteiger partial charge in [0.2, 0.25) is 0 Å². The predicted octanol–water partition coefficient (Wildman–Crippen LogP) is 4.45. The molecule has 116 valence electrons. The lowest BCUT2D eigenvalue weighted by molar-refractivity contribution is -0.122. The van der Waals surface area contributed by atoms with E-state index in [-0.39, 0.29) is 11.7 Å². The number of phenolic OH excluding ortho intramolecular Hbond substituents is 1. The highest BCUT2D eigenvalue weighted by Gasteiger charge is 2.32. The Morgan fingerprint density at radius 1 is 1.22 bits per heavy atom. The summed E-state index contributed by atoms with van der Waals surface area (Å²) in [4.78, 5) is 14.6. The largest absolute Gasteiger partial charge is 0.507 e. The van der Waals surface area contributed by atoms with Crippen molar-refractivity contribution in [1.29, 1.82) is 0 Å². The van der Waals surface area contributed by atoms with E-state index < -0.39 is 0 Å². The van der Waals surface area contributed by atoms with Crippen LogP contribution in [0.2, 0.25) is 5.02 Å². The van der Waals surface area contributed by atoms with Crippen molar-refractivity contribution in [1.82, 2.24) is 4.90 Å². The number of carbonyl (C=O) groups excluding carboxylic acids is 1. The molecule has 3 rings (SSSR count). The standard InChI is InChI=1S/C17H12ClNO2S2/c18-13-6-7-14(20)12(8-13)9-15-16(21)19(17(22)23-15)10-11-4-2-1-3-5-11/h1-9,20H,10H2/b15-9-. The molecule has 0 spiro atoms. The number of benzene rings is 2. The highest BCUT2D eigenvalue weighted by molar-refractivity contribution is 8.26. The summed E-state index contributed by atoms with van der Waals surface area (Å²) in [5.41, 5.74) is 1.51. The lowest BCUT2D eigenvalue weighted by atomic mass is 10.2. The van der Waals surface area contributed by atoms with E-state index in [0.717, 1.165) is 5.56 Å². The van der Waals surface area contributed by atoms with Crippen molar-refractivity contribution < 1.29 is 9.90 Å². The van der Waals surface area contributed by atoms with Crippen molar-refractivity contribution in [3.05, 3.63) is 69.6 Å². The monoisotopic (exact) mass is 361 g/mol. The SMILES string of the molecule is O=C1/C(=C/c2cc(Cl)ccc2O)SC(=S)N1Cc1ccccc1. The minimum atomic E-state index is -0.164. The Labute approximate surface area is 148 Å². The molecule has 1 N–H and O–H groups in total. The van der Waals surface area contributed by atoms with Crippen LogP contribution in [0, 0.1) is 0 Å². The van der Waals surface area contributed by atoms with Crippen LogP contribution in [0.15, 0.2) is 53.4 Å². The van der Waals surface area contributed by atoms with Crippen LogP contribution in [-0.2, 0) is 11.3 Å². The summed E-state index contributed by atoms with van der Waals surface area (Å²) in [5, 5.41) is 10.4. The number of thioether (sulfide) groups is 1. The van der Waals surface area contributed by atoms with Gasteiger partial charge >= 0.3 is 0 Å². The molecule has 0 saturated carbocycles. The fourth-order valence-corrected chi connectivity index (χ4v) is 3.61. The first-order valence-corrected chi connectivity index (χ1v) is 8.42. The van der Waals surface area contributed by atoms with E-state index in [4.69, 9.17) is 23.8 Å². The van der Waals surface area contributed by atoms with Gasteiger partial charge < -0.3 is 5.11 Å². The second-order valence-corrected chi connectivity index (χ2v) is 7.07. The molecule has 3 nitrogen and oxygen atoms in total. The van der Waals surface area contributed by atoms with Gasteiger partial charge in [-0.3, -0.25) is 9.69 Å². The van der Waals surface area contributed by atoms with E-state index in [1.165, 1.54) is 17.8 Å². The average Bonchev–Trinajstić information content (AvgIpc) is 2.80. The van der Waals surface area contributed by atoms with Crippen molar-refractivity contribution in [3.63, 3.8) is 0 Å². The first kappa shape index (κ1) is 16.1. The average molecular weight is 362 g/mol. The highest BCUT2D eigenvalue weighted by atomic mass is 35.5. The maximum atomic E-state index is 12.6. The Bertz CT molecular complexity index is 805. The third-order valence-electron chi connectivity index (χ3n) is 3.33. The quantitative estimate of drug-likeness (QED) is 0.647. The number of aromatic hydroxyl groups is 1. The van der Waals surface area contributed by atoms with Crippen LogP contribution in [0.3, 0.4) is 0 Å². The molecule has 0 atom stereocenters. The minimum absolute atomic E-state index is 0.0720. The molecule has 2 aromatic rings. The number of carbonyl (C=O) groups is 1. The maximum absolute atomic E-state index is 12.6. The van der Waals surface area contributed by atoms with Crippen molar-refractivity contribution in [2.45, 2.75) is 6.54 Å². The fraction of sp³-hybridized carbons (Fsp3) is 0.0588. The van der Waals surface area contributed by atoms with Gasteiger partial charge in [-0.2, -0.15) is 0 Å². The topological polar surface area (TPSA) is 40.5 Å². The zero-order valence-corrected chi connectivity index (χ0v) is 14.3. The lowest BCUT2D eigenvalue weighted by Crippen LogP contribution is -2.27. The Morgan fingerprint density at radius 2 is 1.96 bits per heavy atom. The molecular formula is C17H12ClNO2S2. The van der Waals surface area contributed by atoms with Crippen LogP contribution in [-0.4, -0.2) is 20.2 Å². The molecule has 0 unspecified atom stereocenters. The van der Waals surface area contributed by atoms with Crippen LogP contribution in [0.1, 0.15) is 11.1 Å². The molecule has 6 heteroatoms. The van der Waals surface area contributed by atoms with Gasteiger partial charge in [-0.1, -0.05) is 65.9 Å². The molecule has 1 aliphatic rings. The van der Waals surface area contributed by atoms with Gasteiger partial charge in [0, 0.05) is 10.6 Å². The van der Waals surface area contributed by atoms with E-state index in [2.05, 4.69) is 0 Å². The third kappa shape index (κ3) is 3.58. The number of nitrogens with zero attached hydrogens (tertiary/aromatic N) is 1. The van der Waals surface area contributed by atoms with Crippen molar-refractivity contribution in [3.8, 4) is 5.75 Å². The number of thiocarbonyl (C=S) groups is 1. The second-order valence-electron chi connectivity index (χ2n) is 4.96. The van der Waals surface area contributed by atoms with E-state index in [1.54, 1.807) is 23.1 Å². The Kier molecular flexibility index (Phi) is 4.71. The molecule has 1 fully saturated rings. The Morgan fingerprint density at radius 3 is 2.70 bits per heavy atom. The molecule has 23 heavy (non-hydrogen) atoms. The van der Waals surface area contributed by atoms with Crippen LogP contribution < -0.4 is 0 Å². The molecule has 1 heterocycles. The number of hydrogen-bond donors (Lipinski definition) is 1. The smallest absolute Gasteiger partial charge is 0.266 e. The fourth-order valence-electron chi connectivity index (χ4n) is 2.18. The highest BCUT2D eigenvalue weighted by Crippen LogP contribution is 2.35. The van der Waals surface area contributed by atoms with Gasteiger partial charge in [0.1, 0.15) is 10.1 Å². The van der Waals surface area contributed by atoms with E-state index in [9.17, 15) is 9.90 Å². The Hall–Kier alpha value is -1.82. The molecule has 1 saturated heterocycles. The first-order valence-electron chi connectivity index (χ1n) is 6.82. The van der Waals surface area contributed by atoms with Gasteiger partial charge in [0.15, 0.2) is 0 Å². The van der Waals surface area contributed by atoms with Gasteiger partial charge in [0.25, 0.3) is 5.91 Å². The van der Waals surface area contributed by atoms with Crippen LogP contribution in [0.4, 0.5) is 0 Å². The predicted molar refractivity (Wildman–Crippen MR) is 98.3 cm³/mol. The van der Waals surface area contributed by atoms with Crippen molar-refractivity contribution >= 4 is 51.9 Å². The molecule has 0 aromatic heterocycles. The van der Waals surface area contributed by atoms with Gasteiger partial charge in [-0.25, -0.2) is 0 Å². The summed E-state index contributed by atoms with van der Waals surface area (Å²) >= 11 is 12.5. The zero-order valence-electron chi connectivity index (χ0n) is 11.9. The van der Waals surface area contributed by atoms with E-state index >= 15 is 0 Å². The minimum Gasteiger partial charge on any atom is -0.507 e. The first-order chi connectivity index (χ1) is 11.0. The molecule has 0 radical (unpaired) electrons. The lowest BCUT2D eigenvalue weighted by Gasteiger charge is -2.14. The van der Waals surface area contributed by atoms with E-state index in [1.807, 2.05) is 30.3 Å². The zero-order chi connectivity index (χ0) is 16.4. The summed E-state index contributed by atoms with van der Waals surface area (Å²) in [7, 11) is 0. The summed E-state index contributed by atoms with van der Waals surface area (Å²) in [5.74, 6) is -0.0917. The van der Waals surface area contributed by atoms with Crippen LogP contribution in [0.5, 0.6) is 5.75 Å². The molecular weight excluding hydrogens is 350 g/mol. The normalized spacial score (nSPS) is 16.4. The van der Waals surface area contributed by atoms with Crippen LogP contribution >= 0.6 is 35.6 Å². The summed E-state index contributed by atoms with van der Waals surface area (Å²) in [6, 6.07) is 14.4. The van der Waals surface area contributed by atoms with E-state index in [0.29, 0.717) is 26.4 Å². The molecule has 0 aliphatic carbocycles. The number of phenols is 1. The molecule has 1 amide bonds. The molecule has 1 aliphatic heterocycles. The van der Waals surface area contributed by atoms with Gasteiger partial charge in [0.05, 0.1) is 11.4 Å². The Balaban J connectivity index is 1.86. The molecule has 2 aromatic carbocycles. The number of amides is 1. The van der Waals surface area contributed by atoms with Gasteiger partial charge in [-0.05, 0) is 29.8 Å². The second kappa shape index (κ2) is 6.74.